The van der Waals surface area contributed by atoms with Gasteiger partial charge in [-0.25, -0.2) is 8.78 Å². The van der Waals surface area contributed by atoms with Crippen LogP contribution in [0.2, 0.25) is 0 Å². The molecule has 2 rings (SSSR count). The van der Waals surface area contributed by atoms with Gasteiger partial charge in [-0.2, -0.15) is 0 Å². The molecule has 2 aromatic rings. The summed E-state index contributed by atoms with van der Waals surface area (Å²) in [5.41, 5.74) is 0.313. The van der Waals surface area contributed by atoms with Gasteiger partial charge in [-0.05, 0) is 31.2 Å². The lowest BCUT2D eigenvalue weighted by molar-refractivity contribution is 0.103. The van der Waals surface area contributed by atoms with E-state index in [-0.39, 0.29) is 10.0 Å². The summed E-state index contributed by atoms with van der Waals surface area (Å²) in [6.45, 7) is 1.76. The zero-order valence-electron chi connectivity index (χ0n) is 9.38. The summed E-state index contributed by atoms with van der Waals surface area (Å²) in [4.78, 5) is 15.9. The molecule has 0 aliphatic carbocycles. The van der Waals surface area contributed by atoms with Crippen LogP contribution in [0.15, 0.2) is 34.9 Å². The van der Waals surface area contributed by atoms with Crippen LogP contribution in [-0.4, -0.2) is 10.8 Å². The number of carbonyl (C=O) groups excluding carboxylic acids is 1. The first kappa shape index (κ1) is 12.8. The van der Waals surface area contributed by atoms with Crippen molar-refractivity contribution in [2.75, 3.05) is 0 Å². The Balaban J connectivity index is 2.49. The van der Waals surface area contributed by atoms with Crippen molar-refractivity contribution in [1.82, 2.24) is 4.98 Å². The predicted octanol–water partition coefficient (Wildman–Crippen LogP) is 3.66. The number of rotatable bonds is 2. The zero-order valence-corrected chi connectivity index (χ0v) is 11.0. The number of halogens is 3. The molecule has 1 heterocycles. The summed E-state index contributed by atoms with van der Waals surface area (Å²) in [5, 5.41) is 0. The highest BCUT2D eigenvalue weighted by atomic mass is 79.9. The van der Waals surface area contributed by atoms with Gasteiger partial charge in [0.15, 0.2) is 5.78 Å². The first-order valence-electron chi connectivity index (χ1n) is 5.11. The number of aromatic nitrogens is 1. The molecule has 0 N–H and O–H groups in total. The van der Waals surface area contributed by atoms with Gasteiger partial charge in [-0.1, -0.05) is 15.9 Å². The highest BCUT2D eigenvalue weighted by molar-refractivity contribution is 9.10. The van der Waals surface area contributed by atoms with Crippen LogP contribution < -0.4 is 0 Å². The molecule has 0 amide bonds. The Morgan fingerprint density at radius 3 is 2.33 bits per heavy atom. The summed E-state index contributed by atoms with van der Waals surface area (Å²) < 4.78 is 27.5. The number of pyridine rings is 1. The molecule has 0 spiro atoms. The Morgan fingerprint density at radius 1 is 1.22 bits per heavy atom. The van der Waals surface area contributed by atoms with Crippen LogP contribution in [0.3, 0.4) is 0 Å². The summed E-state index contributed by atoms with van der Waals surface area (Å²) in [5.74, 6) is -2.51. The fourth-order valence-electron chi connectivity index (χ4n) is 1.51. The fraction of sp³-hybridized carbons (Fsp3) is 0.0769. The van der Waals surface area contributed by atoms with Crippen molar-refractivity contribution in [3.05, 3.63) is 63.4 Å². The van der Waals surface area contributed by atoms with Gasteiger partial charge in [-0.15, -0.1) is 0 Å². The molecule has 18 heavy (non-hydrogen) atoms. The van der Waals surface area contributed by atoms with Crippen molar-refractivity contribution in [2.24, 2.45) is 0 Å². The van der Waals surface area contributed by atoms with Gasteiger partial charge in [0, 0.05) is 21.9 Å². The Morgan fingerprint density at radius 2 is 1.83 bits per heavy atom. The number of hydrogen-bond donors (Lipinski definition) is 0. The van der Waals surface area contributed by atoms with E-state index in [4.69, 9.17) is 0 Å². The standard InChI is InChI=1S/C13H8BrF2NO/c1-7-2-3-8(6-17-7)13(18)12-10(15)4-9(14)5-11(12)16/h2-6H,1H3. The lowest BCUT2D eigenvalue weighted by Gasteiger charge is -2.05. The number of hydrogen-bond acceptors (Lipinski definition) is 2. The average molecular weight is 312 g/mol. The molecule has 0 aliphatic rings. The molecule has 2 nitrogen and oxygen atoms in total. The van der Waals surface area contributed by atoms with E-state index in [1.165, 1.54) is 12.3 Å². The molecule has 5 heteroatoms. The van der Waals surface area contributed by atoms with Crippen molar-refractivity contribution in [3.8, 4) is 0 Å². The number of aryl methyl sites for hydroxylation is 1. The maximum atomic E-state index is 13.6. The van der Waals surface area contributed by atoms with Crippen molar-refractivity contribution in [2.45, 2.75) is 6.92 Å². The molecule has 0 radical (unpaired) electrons. The third-order valence-corrected chi connectivity index (χ3v) is 2.87. The molecular formula is C13H8BrF2NO. The van der Waals surface area contributed by atoms with Gasteiger partial charge in [-0.3, -0.25) is 9.78 Å². The second kappa shape index (κ2) is 4.94. The molecule has 0 unspecified atom stereocenters. The largest absolute Gasteiger partial charge is 0.288 e. The maximum absolute atomic E-state index is 13.6. The smallest absolute Gasteiger partial charge is 0.200 e. The summed E-state index contributed by atoms with van der Waals surface area (Å²) in [6.07, 6.45) is 1.30. The molecule has 1 aromatic heterocycles. The Labute approximate surface area is 111 Å². The summed E-state index contributed by atoms with van der Waals surface area (Å²) >= 11 is 2.96. The first-order chi connectivity index (χ1) is 8.49. The molecule has 92 valence electrons. The fourth-order valence-corrected chi connectivity index (χ4v) is 1.91. The molecule has 0 aliphatic heterocycles. The lowest BCUT2D eigenvalue weighted by atomic mass is 10.0. The minimum absolute atomic E-state index is 0.153. The lowest BCUT2D eigenvalue weighted by Crippen LogP contribution is -2.08. The van der Waals surface area contributed by atoms with Gasteiger partial charge < -0.3 is 0 Å². The van der Waals surface area contributed by atoms with Crippen molar-refractivity contribution in [1.29, 1.82) is 0 Å². The number of carbonyl (C=O) groups is 1. The first-order valence-corrected chi connectivity index (χ1v) is 5.90. The van der Waals surface area contributed by atoms with Crippen LogP contribution in [0, 0.1) is 18.6 Å². The van der Waals surface area contributed by atoms with Crippen LogP contribution in [0.4, 0.5) is 8.78 Å². The monoisotopic (exact) mass is 311 g/mol. The van der Waals surface area contributed by atoms with E-state index < -0.39 is 23.0 Å². The van der Waals surface area contributed by atoms with Gasteiger partial charge in [0.05, 0.1) is 5.56 Å². The van der Waals surface area contributed by atoms with Crippen LogP contribution in [0.1, 0.15) is 21.6 Å². The van der Waals surface area contributed by atoms with Crippen molar-refractivity contribution >= 4 is 21.7 Å². The zero-order chi connectivity index (χ0) is 13.3. The second-order valence-corrected chi connectivity index (χ2v) is 4.68. The third-order valence-electron chi connectivity index (χ3n) is 2.41. The molecule has 0 atom stereocenters. The topological polar surface area (TPSA) is 30.0 Å². The van der Waals surface area contributed by atoms with Gasteiger partial charge in [0.1, 0.15) is 11.6 Å². The summed E-state index contributed by atoms with van der Waals surface area (Å²) in [6, 6.07) is 5.21. The van der Waals surface area contributed by atoms with E-state index in [0.717, 1.165) is 17.8 Å². The van der Waals surface area contributed by atoms with Crippen molar-refractivity contribution < 1.29 is 13.6 Å². The Kier molecular flexibility index (Phi) is 3.52. The highest BCUT2D eigenvalue weighted by Gasteiger charge is 2.19. The van der Waals surface area contributed by atoms with E-state index in [9.17, 15) is 13.6 Å². The Hall–Kier alpha value is -1.62. The third kappa shape index (κ3) is 2.46. The summed E-state index contributed by atoms with van der Waals surface area (Å²) in [7, 11) is 0. The van der Waals surface area contributed by atoms with E-state index >= 15 is 0 Å². The minimum Gasteiger partial charge on any atom is -0.288 e. The van der Waals surface area contributed by atoms with E-state index in [1.807, 2.05) is 0 Å². The predicted molar refractivity (Wildman–Crippen MR) is 66.5 cm³/mol. The van der Waals surface area contributed by atoms with E-state index in [0.29, 0.717) is 0 Å². The minimum atomic E-state index is -0.896. The van der Waals surface area contributed by atoms with Crippen LogP contribution >= 0.6 is 15.9 Å². The SMILES string of the molecule is Cc1ccc(C(=O)c2c(F)cc(Br)cc2F)cn1. The van der Waals surface area contributed by atoms with Gasteiger partial charge in [0.2, 0.25) is 0 Å². The normalized spacial score (nSPS) is 10.4. The quantitative estimate of drug-likeness (QED) is 0.792. The van der Waals surface area contributed by atoms with Crippen LogP contribution in [0.5, 0.6) is 0 Å². The van der Waals surface area contributed by atoms with E-state index in [1.54, 1.807) is 13.0 Å². The van der Waals surface area contributed by atoms with E-state index in [2.05, 4.69) is 20.9 Å². The number of nitrogens with zero attached hydrogens (tertiary/aromatic N) is 1. The van der Waals surface area contributed by atoms with Crippen molar-refractivity contribution in [3.63, 3.8) is 0 Å². The molecule has 0 fully saturated rings. The average Bonchev–Trinajstić information content (AvgIpc) is 2.28. The molecule has 0 bridgehead atoms. The Bertz CT molecular complexity index is 588. The second-order valence-electron chi connectivity index (χ2n) is 3.76. The highest BCUT2D eigenvalue weighted by Crippen LogP contribution is 2.22. The molecule has 1 aromatic carbocycles. The van der Waals surface area contributed by atoms with Crippen LogP contribution in [0.25, 0.3) is 0 Å². The molecular weight excluding hydrogens is 304 g/mol. The number of benzene rings is 1. The molecule has 0 saturated heterocycles. The molecule has 0 saturated carbocycles. The van der Waals surface area contributed by atoms with Gasteiger partial charge >= 0.3 is 0 Å². The van der Waals surface area contributed by atoms with Gasteiger partial charge in [0.25, 0.3) is 0 Å². The van der Waals surface area contributed by atoms with Crippen LogP contribution in [-0.2, 0) is 0 Å². The maximum Gasteiger partial charge on any atom is 0.200 e. The number of ketones is 1.